The van der Waals surface area contributed by atoms with Crippen LogP contribution in [0.4, 0.5) is 0 Å². The van der Waals surface area contributed by atoms with E-state index in [1.165, 1.54) is 218 Å². The SMILES string of the molecule is CC/C=C\C/C=C\C/C=C\C/C=C\C/C=C\CCCCCCCCCCCCCCCCCCCCCC(=O)OCC(O)COP(=O)(O)OCC(O)COP(=O)(O)OCC(COC(=O)CCCCCCCCCCCCCCCCCCC/C=C\C/C=C\C/C=C\C/C=C\C/C=C\CC)OC(=O)CCCCCCCCC/C=C\C/C=C\C/C=C\C/C=C\CCCCC. The van der Waals surface area contributed by atoms with Crippen LogP contribution in [0.1, 0.15) is 445 Å². The van der Waals surface area contributed by atoms with Gasteiger partial charge in [0.2, 0.25) is 0 Å². The number of unbranched alkanes of at least 4 members (excludes halogenated alkanes) is 46. The summed E-state index contributed by atoms with van der Waals surface area (Å²) in [7, 11) is -9.82. The Morgan fingerprint density at radius 1 is 0.228 bits per heavy atom. The van der Waals surface area contributed by atoms with Gasteiger partial charge in [-0.1, -0.05) is 441 Å². The Balaban J connectivity index is 4.54. The molecule has 0 rings (SSSR count). The average molecular weight is 1820 g/mol. The molecule has 16 nitrogen and oxygen atoms in total. The molecule has 5 unspecified atom stereocenters. The van der Waals surface area contributed by atoms with Gasteiger partial charge in [-0.05, 0) is 154 Å². The van der Waals surface area contributed by atoms with Crippen molar-refractivity contribution in [3.05, 3.63) is 170 Å². The minimum absolute atomic E-state index is 0.0906. The smallest absolute Gasteiger partial charge is 0.463 e. The molecule has 0 heterocycles. The van der Waals surface area contributed by atoms with Crippen molar-refractivity contribution in [2.45, 2.75) is 463 Å². The zero-order chi connectivity index (χ0) is 92.1. The van der Waals surface area contributed by atoms with Crippen LogP contribution >= 0.6 is 15.6 Å². The number of rotatable bonds is 97. The van der Waals surface area contributed by atoms with Gasteiger partial charge in [-0.15, -0.1) is 0 Å². The minimum Gasteiger partial charge on any atom is -0.463 e. The van der Waals surface area contributed by atoms with Crippen LogP contribution < -0.4 is 0 Å². The zero-order valence-corrected chi connectivity index (χ0v) is 82.7. The molecule has 4 N–H and O–H groups in total. The minimum atomic E-state index is -4.95. The van der Waals surface area contributed by atoms with E-state index in [9.17, 15) is 43.5 Å². The number of allylic oxidation sites excluding steroid dienone is 28. The molecule has 730 valence electrons. The van der Waals surface area contributed by atoms with Gasteiger partial charge in [0.05, 0.1) is 26.4 Å². The van der Waals surface area contributed by atoms with E-state index in [-0.39, 0.29) is 19.3 Å². The lowest BCUT2D eigenvalue weighted by atomic mass is 10.0. The predicted molar refractivity (Wildman–Crippen MR) is 537 cm³/mol. The summed E-state index contributed by atoms with van der Waals surface area (Å²) >= 11 is 0. The van der Waals surface area contributed by atoms with Gasteiger partial charge in [-0.2, -0.15) is 0 Å². The van der Waals surface area contributed by atoms with Crippen molar-refractivity contribution in [3.8, 4) is 0 Å². The number of esters is 3. The van der Waals surface area contributed by atoms with E-state index < -0.39 is 91.5 Å². The summed E-state index contributed by atoms with van der Waals surface area (Å²) in [4.78, 5) is 59.2. The Morgan fingerprint density at radius 2 is 0.417 bits per heavy atom. The molecule has 0 aliphatic heterocycles. The van der Waals surface area contributed by atoms with Crippen LogP contribution in [0.25, 0.3) is 0 Å². The lowest BCUT2D eigenvalue weighted by Gasteiger charge is -2.21. The highest BCUT2D eigenvalue weighted by Gasteiger charge is 2.30. The Labute approximate surface area is 777 Å². The molecule has 0 aliphatic carbocycles. The summed E-state index contributed by atoms with van der Waals surface area (Å²) in [6.07, 6.45) is 131. The first-order chi connectivity index (χ1) is 62.2. The number of carbonyl (C=O) groups is 3. The zero-order valence-electron chi connectivity index (χ0n) is 80.9. The Bertz CT molecular complexity index is 2990. The van der Waals surface area contributed by atoms with Crippen molar-refractivity contribution >= 4 is 33.6 Å². The first kappa shape index (κ1) is 122. The summed E-state index contributed by atoms with van der Waals surface area (Å²) < 4.78 is 61.7. The molecule has 0 spiro atoms. The van der Waals surface area contributed by atoms with Crippen molar-refractivity contribution in [1.29, 1.82) is 0 Å². The largest absolute Gasteiger partial charge is 0.472 e. The molecule has 0 aromatic carbocycles. The molecule has 0 saturated heterocycles. The summed E-state index contributed by atoms with van der Waals surface area (Å²) in [5.41, 5.74) is 0. The molecule has 0 bridgehead atoms. The van der Waals surface area contributed by atoms with E-state index >= 15 is 0 Å². The number of hydrogen-bond acceptors (Lipinski definition) is 14. The Morgan fingerprint density at radius 3 is 0.661 bits per heavy atom. The van der Waals surface area contributed by atoms with Gasteiger partial charge >= 0.3 is 33.6 Å². The third-order valence-corrected chi connectivity index (χ3v) is 23.8. The van der Waals surface area contributed by atoms with Crippen LogP contribution in [-0.4, -0.2) is 95.9 Å². The van der Waals surface area contributed by atoms with E-state index in [1.54, 1.807) is 0 Å². The number of aliphatic hydroxyl groups excluding tert-OH is 2. The van der Waals surface area contributed by atoms with Crippen LogP contribution in [0.2, 0.25) is 0 Å². The fourth-order valence-corrected chi connectivity index (χ4v) is 15.8. The van der Waals surface area contributed by atoms with Crippen molar-refractivity contribution in [2.24, 2.45) is 0 Å². The van der Waals surface area contributed by atoms with Gasteiger partial charge in [0.1, 0.15) is 25.4 Å². The van der Waals surface area contributed by atoms with Crippen molar-refractivity contribution in [3.63, 3.8) is 0 Å². The average Bonchev–Trinajstić information content (AvgIpc) is 0.899. The molecule has 5 atom stereocenters. The van der Waals surface area contributed by atoms with E-state index in [0.29, 0.717) is 19.3 Å². The number of ether oxygens (including phenoxy) is 3. The fraction of sp³-hybridized carbons (Fsp3) is 0.716. The maximum Gasteiger partial charge on any atom is 0.472 e. The Hall–Kier alpha value is -5.09. The second-order valence-electron chi connectivity index (χ2n) is 34.2. The van der Waals surface area contributed by atoms with Gasteiger partial charge in [0, 0.05) is 19.3 Å². The molecular weight excluding hydrogens is 1630 g/mol. The lowest BCUT2D eigenvalue weighted by Crippen LogP contribution is -2.30. The maximum atomic E-state index is 13.1. The van der Waals surface area contributed by atoms with Crippen molar-refractivity contribution < 1.29 is 75.8 Å². The van der Waals surface area contributed by atoms with E-state index in [4.69, 9.17) is 32.3 Å². The fourth-order valence-electron chi connectivity index (χ4n) is 14.2. The third kappa shape index (κ3) is 101. The highest BCUT2D eigenvalue weighted by atomic mass is 31.2. The summed E-state index contributed by atoms with van der Waals surface area (Å²) in [6, 6.07) is 0. The van der Waals surface area contributed by atoms with Gasteiger partial charge in [0.15, 0.2) is 6.10 Å². The highest BCUT2D eigenvalue weighted by molar-refractivity contribution is 7.47. The topological polar surface area (TPSA) is 231 Å². The standard InChI is InChI=1S/C109H188O16P2/c1-4-7-10-13-16-19-22-25-28-31-34-37-40-42-44-46-48-50-51-53-55-56-58-60-63-65-68-71-74-77-80-83-86-89-92-95-107(112)119-98-104(110)99-121-126(115,116)122-100-105(111)101-123-127(117,118)124-103-106(125-109(114)97-94-91-88-85-82-79-76-73-70-67-62-39-36-33-30-27-24-21-18-15-12-9-6-3)102-120-108(113)96-93-90-87-84-81-78-75-72-69-66-64-61-59-57-54-52-49-47-45-43-41-38-35-32-29-26-23-20-17-14-11-8-5-2/h7-8,10-11,16-21,25-30,34-39,42-45,67,70,104-106,110-111H,4-6,9,12-15,22-24,31-33,40-41,46-66,68-69,71-103H2,1-3H3,(H,115,116)(H,117,118)/b10-7-,11-8-,19-16-,20-17-,21-18-,28-25-,29-26-,30-27-,37-34-,38-35-,39-36-,44-42-,45-43-,70-67-. The molecular formula is C109H188O16P2. The lowest BCUT2D eigenvalue weighted by molar-refractivity contribution is -0.161. The third-order valence-electron chi connectivity index (χ3n) is 21.9. The van der Waals surface area contributed by atoms with Crippen LogP contribution in [0.5, 0.6) is 0 Å². The number of phosphoric ester groups is 2. The summed E-state index contributed by atoms with van der Waals surface area (Å²) in [6.45, 7) is 2.49. The quantitative estimate of drug-likeness (QED) is 0.0146. The Kier molecular flexibility index (Phi) is 95.9. The van der Waals surface area contributed by atoms with Crippen molar-refractivity contribution in [1.82, 2.24) is 0 Å². The van der Waals surface area contributed by atoms with E-state index in [2.05, 4.69) is 191 Å². The first-order valence-electron chi connectivity index (χ1n) is 51.4. The molecule has 0 amide bonds. The number of aliphatic hydroxyl groups is 2. The molecule has 0 aromatic rings. The molecule has 127 heavy (non-hydrogen) atoms. The molecule has 0 aromatic heterocycles. The second-order valence-corrected chi connectivity index (χ2v) is 37.1. The van der Waals surface area contributed by atoms with E-state index in [0.717, 1.165) is 167 Å². The molecule has 0 saturated carbocycles. The second kappa shape index (κ2) is 99.9. The molecule has 0 fully saturated rings. The van der Waals surface area contributed by atoms with Crippen LogP contribution in [0.15, 0.2) is 170 Å². The number of phosphoric acid groups is 2. The number of carbonyl (C=O) groups excluding carboxylic acids is 3. The number of hydrogen-bond donors (Lipinski definition) is 4. The van der Waals surface area contributed by atoms with E-state index in [1.807, 2.05) is 0 Å². The van der Waals surface area contributed by atoms with Gasteiger partial charge in [-0.3, -0.25) is 32.5 Å². The molecule has 0 radical (unpaired) electrons. The van der Waals surface area contributed by atoms with Crippen LogP contribution in [0, 0.1) is 0 Å². The van der Waals surface area contributed by atoms with Crippen LogP contribution in [-0.2, 0) is 55.8 Å². The predicted octanol–water partition coefficient (Wildman–Crippen LogP) is 32.6. The van der Waals surface area contributed by atoms with Crippen LogP contribution in [0.3, 0.4) is 0 Å². The molecule has 0 aliphatic rings. The van der Waals surface area contributed by atoms with Gasteiger partial charge < -0.3 is 34.2 Å². The molecule has 18 heteroatoms. The summed E-state index contributed by atoms with van der Waals surface area (Å²) in [5.74, 6) is -1.57. The first-order valence-corrected chi connectivity index (χ1v) is 54.4. The highest BCUT2D eigenvalue weighted by Crippen LogP contribution is 2.45. The van der Waals surface area contributed by atoms with Gasteiger partial charge in [0.25, 0.3) is 0 Å². The maximum absolute atomic E-state index is 13.1. The normalized spacial score (nSPS) is 14.4. The summed E-state index contributed by atoms with van der Waals surface area (Å²) in [5, 5.41) is 20.8. The monoisotopic (exact) mass is 1820 g/mol. The van der Waals surface area contributed by atoms with Gasteiger partial charge in [-0.25, -0.2) is 9.13 Å². The van der Waals surface area contributed by atoms with Crippen molar-refractivity contribution in [2.75, 3.05) is 39.6 Å².